The molecule has 1 nitrogen and oxygen atoms in total. The molecule has 0 amide bonds. The van der Waals surface area contributed by atoms with Crippen LogP contribution in [0.2, 0.25) is 0 Å². The summed E-state index contributed by atoms with van der Waals surface area (Å²) in [7, 11) is 0. The molecule has 1 aromatic rings. The third-order valence-corrected chi connectivity index (χ3v) is 4.44. The van der Waals surface area contributed by atoms with E-state index >= 15 is 0 Å². The molecule has 1 aromatic carbocycles. The highest BCUT2D eigenvalue weighted by molar-refractivity contribution is 14.1. The second-order valence-corrected chi connectivity index (χ2v) is 5.94. The lowest BCUT2D eigenvalue weighted by molar-refractivity contribution is 0.265. The summed E-state index contributed by atoms with van der Waals surface area (Å²) >= 11 is 5.95. The van der Waals surface area contributed by atoms with Crippen molar-refractivity contribution < 1.29 is 0 Å². The second kappa shape index (κ2) is 5.64. The van der Waals surface area contributed by atoms with Gasteiger partial charge in [0.2, 0.25) is 0 Å². The molecule has 15 heavy (non-hydrogen) atoms. The average Bonchev–Trinajstić information content (AvgIpc) is 2.69. The Morgan fingerprint density at radius 2 is 2.07 bits per heavy atom. The quantitative estimate of drug-likeness (QED) is 0.572. The lowest BCUT2D eigenvalue weighted by Gasteiger charge is -2.22. The van der Waals surface area contributed by atoms with Crippen LogP contribution < -0.4 is 0 Å². The van der Waals surface area contributed by atoms with Gasteiger partial charge in [-0.1, -0.05) is 28.1 Å². The van der Waals surface area contributed by atoms with E-state index in [9.17, 15) is 0 Å². The SMILES string of the molecule is BrCC1CCCN1Cc1ccc(I)cc1. The van der Waals surface area contributed by atoms with Crippen molar-refractivity contribution >= 4 is 38.5 Å². The molecule has 1 heterocycles. The maximum atomic E-state index is 3.60. The van der Waals surface area contributed by atoms with Gasteiger partial charge in [-0.15, -0.1) is 0 Å². The molecule has 2 rings (SSSR count). The van der Waals surface area contributed by atoms with E-state index in [0.717, 1.165) is 17.9 Å². The smallest absolute Gasteiger partial charge is 0.0237 e. The van der Waals surface area contributed by atoms with Crippen LogP contribution in [0, 0.1) is 3.57 Å². The fourth-order valence-electron chi connectivity index (χ4n) is 2.10. The van der Waals surface area contributed by atoms with Crippen LogP contribution in [0.1, 0.15) is 18.4 Å². The summed E-state index contributed by atoms with van der Waals surface area (Å²) in [5.74, 6) is 0. The monoisotopic (exact) mass is 379 g/mol. The highest BCUT2D eigenvalue weighted by Gasteiger charge is 2.22. The fourth-order valence-corrected chi connectivity index (χ4v) is 3.20. The zero-order valence-electron chi connectivity index (χ0n) is 8.63. The van der Waals surface area contributed by atoms with E-state index in [-0.39, 0.29) is 0 Å². The maximum Gasteiger partial charge on any atom is 0.0237 e. The first kappa shape index (κ1) is 11.9. The molecular weight excluding hydrogens is 365 g/mol. The number of nitrogens with zero attached hydrogens (tertiary/aromatic N) is 1. The Balaban J connectivity index is 1.99. The van der Waals surface area contributed by atoms with Gasteiger partial charge < -0.3 is 0 Å². The summed E-state index contributed by atoms with van der Waals surface area (Å²) in [5.41, 5.74) is 1.43. The predicted molar refractivity (Wildman–Crippen MR) is 76.4 cm³/mol. The van der Waals surface area contributed by atoms with Crippen molar-refractivity contribution in [1.29, 1.82) is 0 Å². The van der Waals surface area contributed by atoms with Crippen LogP contribution in [0.4, 0.5) is 0 Å². The van der Waals surface area contributed by atoms with Gasteiger partial charge >= 0.3 is 0 Å². The summed E-state index contributed by atoms with van der Waals surface area (Å²) < 4.78 is 1.31. The van der Waals surface area contributed by atoms with E-state index in [1.807, 2.05) is 0 Å². The average molecular weight is 380 g/mol. The first-order valence-corrected chi connectivity index (χ1v) is 7.54. The molecule has 0 saturated carbocycles. The molecule has 0 radical (unpaired) electrons. The van der Waals surface area contributed by atoms with Crippen molar-refractivity contribution in [2.75, 3.05) is 11.9 Å². The molecule has 1 aliphatic rings. The Morgan fingerprint density at radius 3 is 2.73 bits per heavy atom. The summed E-state index contributed by atoms with van der Waals surface area (Å²) in [4.78, 5) is 2.58. The molecule has 1 saturated heterocycles. The van der Waals surface area contributed by atoms with E-state index in [0.29, 0.717) is 0 Å². The van der Waals surface area contributed by atoms with E-state index in [2.05, 4.69) is 67.7 Å². The Morgan fingerprint density at radius 1 is 1.33 bits per heavy atom. The number of rotatable bonds is 3. The van der Waals surface area contributed by atoms with Crippen LogP contribution in [-0.4, -0.2) is 22.8 Å². The third-order valence-electron chi connectivity index (χ3n) is 2.98. The number of alkyl halides is 1. The number of likely N-dealkylation sites (tertiary alicyclic amines) is 1. The standard InChI is InChI=1S/C12H15BrIN/c13-8-12-2-1-7-15(12)9-10-3-5-11(14)6-4-10/h3-6,12H,1-2,7-9H2. The van der Waals surface area contributed by atoms with Crippen molar-refractivity contribution in [2.24, 2.45) is 0 Å². The van der Waals surface area contributed by atoms with Crippen molar-refractivity contribution in [3.63, 3.8) is 0 Å². The molecule has 0 spiro atoms. The van der Waals surface area contributed by atoms with E-state index < -0.39 is 0 Å². The molecule has 82 valence electrons. The van der Waals surface area contributed by atoms with Gasteiger partial charge in [0.15, 0.2) is 0 Å². The van der Waals surface area contributed by atoms with Crippen LogP contribution >= 0.6 is 38.5 Å². The van der Waals surface area contributed by atoms with Gasteiger partial charge in [0.1, 0.15) is 0 Å². The van der Waals surface area contributed by atoms with Gasteiger partial charge in [-0.05, 0) is 59.7 Å². The van der Waals surface area contributed by atoms with Gasteiger partial charge in [-0.2, -0.15) is 0 Å². The van der Waals surface area contributed by atoms with E-state index in [1.165, 1.54) is 28.5 Å². The molecule has 0 bridgehead atoms. The molecule has 0 aromatic heterocycles. The molecule has 3 heteroatoms. The van der Waals surface area contributed by atoms with E-state index in [1.54, 1.807) is 0 Å². The summed E-state index contributed by atoms with van der Waals surface area (Å²) in [6, 6.07) is 9.60. The van der Waals surface area contributed by atoms with Gasteiger partial charge in [0.05, 0.1) is 0 Å². The highest BCUT2D eigenvalue weighted by Crippen LogP contribution is 2.21. The Kier molecular flexibility index (Phi) is 4.46. The van der Waals surface area contributed by atoms with Gasteiger partial charge in [0, 0.05) is 21.5 Å². The zero-order chi connectivity index (χ0) is 10.7. The van der Waals surface area contributed by atoms with Crippen LogP contribution in [0.25, 0.3) is 0 Å². The Bertz CT molecular complexity index is 312. The minimum atomic E-state index is 0.740. The van der Waals surface area contributed by atoms with Crippen LogP contribution in [-0.2, 0) is 6.54 Å². The summed E-state index contributed by atoms with van der Waals surface area (Å²) in [5, 5.41) is 1.11. The van der Waals surface area contributed by atoms with Gasteiger partial charge in [-0.3, -0.25) is 4.90 Å². The Hall–Kier alpha value is 0.390. The number of hydrogen-bond acceptors (Lipinski definition) is 1. The van der Waals surface area contributed by atoms with Gasteiger partial charge in [0.25, 0.3) is 0 Å². The number of benzene rings is 1. The molecule has 1 unspecified atom stereocenters. The molecular formula is C12H15BrIN. The minimum Gasteiger partial charge on any atom is -0.295 e. The zero-order valence-corrected chi connectivity index (χ0v) is 12.4. The van der Waals surface area contributed by atoms with Crippen molar-refractivity contribution in [1.82, 2.24) is 4.90 Å². The van der Waals surface area contributed by atoms with Crippen molar-refractivity contribution in [2.45, 2.75) is 25.4 Å². The molecule has 1 fully saturated rings. The first-order valence-electron chi connectivity index (χ1n) is 5.34. The first-order chi connectivity index (χ1) is 7.29. The fraction of sp³-hybridized carbons (Fsp3) is 0.500. The lowest BCUT2D eigenvalue weighted by Crippen LogP contribution is -2.29. The van der Waals surface area contributed by atoms with Gasteiger partial charge in [-0.25, -0.2) is 0 Å². The Labute approximate surface area is 114 Å². The van der Waals surface area contributed by atoms with Crippen molar-refractivity contribution in [3.05, 3.63) is 33.4 Å². The second-order valence-electron chi connectivity index (χ2n) is 4.05. The topological polar surface area (TPSA) is 3.24 Å². The summed E-state index contributed by atoms with van der Waals surface area (Å²) in [6.45, 7) is 2.36. The molecule has 0 N–H and O–H groups in total. The molecule has 1 aliphatic heterocycles. The maximum absolute atomic E-state index is 3.60. The van der Waals surface area contributed by atoms with Crippen molar-refractivity contribution in [3.8, 4) is 0 Å². The largest absolute Gasteiger partial charge is 0.295 e. The van der Waals surface area contributed by atoms with Crippen LogP contribution in [0.5, 0.6) is 0 Å². The van der Waals surface area contributed by atoms with E-state index in [4.69, 9.17) is 0 Å². The number of hydrogen-bond donors (Lipinski definition) is 0. The van der Waals surface area contributed by atoms with Crippen LogP contribution in [0.15, 0.2) is 24.3 Å². The minimum absolute atomic E-state index is 0.740. The summed E-state index contributed by atoms with van der Waals surface area (Å²) in [6.07, 6.45) is 2.69. The molecule has 0 aliphatic carbocycles. The predicted octanol–water partition coefficient (Wildman–Crippen LogP) is 3.65. The third kappa shape index (κ3) is 3.17. The lowest BCUT2D eigenvalue weighted by atomic mass is 10.2. The normalized spacial score (nSPS) is 22.1. The highest BCUT2D eigenvalue weighted by atomic mass is 127. The number of halogens is 2. The molecule has 1 atom stereocenters. The van der Waals surface area contributed by atoms with Crippen LogP contribution in [0.3, 0.4) is 0 Å².